The average molecular weight is 310 g/mol. The largest absolute Gasteiger partial charge is 0.325 e. The molecular weight excluding hydrogens is 296 g/mol. The van der Waals surface area contributed by atoms with E-state index in [1.165, 1.54) is 24.3 Å². The first-order chi connectivity index (χ1) is 11.0. The number of amides is 1. The number of non-ortho nitro benzene ring substituents is 1. The lowest BCUT2D eigenvalue weighted by Gasteiger charge is -2.08. The molecule has 23 heavy (non-hydrogen) atoms. The number of hydrogen-bond acceptors (Lipinski definition) is 4. The van der Waals surface area contributed by atoms with Gasteiger partial charge in [0.1, 0.15) is 12.4 Å². The van der Waals surface area contributed by atoms with Crippen molar-refractivity contribution < 1.29 is 9.72 Å². The number of anilines is 1. The van der Waals surface area contributed by atoms with Crippen LogP contribution in [0.1, 0.15) is 5.82 Å². The molecule has 3 rings (SSSR count). The Kier molecular flexibility index (Phi) is 3.76. The molecule has 1 amide bonds. The van der Waals surface area contributed by atoms with Crippen molar-refractivity contribution in [1.29, 1.82) is 0 Å². The molecule has 0 saturated heterocycles. The van der Waals surface area contributed by atoms with Crippen molar-refractivity contribution in [3.8, 4) is 0 Å². The van der Waals surface area contributed by atoms with Gasteiger partial charge in [-0.25, -0.2) is 4.98 Å². The maximum Gasteiger partial charge on any atom is 0.269 e. The van der Waals surface area contributed by atoms with Gasteiger partial charge in [0.25, 0.3) is 5.69 Å². The van der Waals surface area contributed by atoms with E-state index >= 15 is 0 Å². The predicted molar refractivity (Wildman–Crippen MR) is 86.2 cm³/mol. The highest BCUT2D eigenvalue weighted by molar-refractivity contribution is 5.91. The molecule has 0 spiro atoms. The Morgan fingerprint density at radius 1 is 1.22 bits per heavy atom. The Morgan fingerprint density at radius 2 is 1.91 bits per heavy atom. The predicted octanol–water partition coefficient (Wildman–Crippen LogP) is 2.89. The van der Waals surface area contributed by atoms with Gasteiger partial charge in [-0.15, -0.1) is 0 Å². The summed E-state index contributed by atoms with van der Waals surface area (Å²) in [4.78, 5) is 26.7. The van der Waals surface area contributed by atoms with Gasteiger partial charge in [0.2, 0.25) is 5.91 Å². The van der Waals surface area contributed by atoms with E-state index < -0.39 is 4.92 Å². The SMILES string of the molecule is Cc1nc2ccccc2n1CC(=O)Nc1ccc([N+](=O)[O-])cc1. The number of nitro benzene ring substituents is 1. The maximum absolute atomic E-state index is 12.2. The number of fused-ring (bicyclic) bond motifs is 1. The number of nitrogens with zero attached hydrogens (tertiary/aromatic N) is 3. The molecule has 2 aromatic carbocycles. The van der Waals surface area contributed by atoms with Gasteiger partial charge >= 0.3 is 0 Å². The normalized spacial score (nSPS) is 10.7. The Balaban J connectivity index is 1.76. The molecule has 0 bridgehead atoms. The smallest absolute Gasteiger partial charge is 0.269 e. The minimum absolute atomic E-state index is 0.0144. The molecule has 0 unspecified atom stereocenters. The van der Waals surface area contributed by atoms with E-state index in [0.29, 0.717) is 5.69 Å². The number of nitro groups is 1. The number of imidazole rings is 1. The molecule has 0 radical (unpaired) electrons. The topological polar surface area (TPSA) is 90.1 Å². The zero-order valence-corrected chi connectivity index (χ0v) is 12.4. The van der Waals surface area contributed by atoms with Crippen LogP contribution < -0.4 is 5.32 Å². The van der Waals surface area contributed by atoms with Crippen molar-refractivity contribution >= 4 is 28.3 Å². The average Bonchev–Trinajstić information content (AvgIpc) is 2.84. The molecule has 1 heterocycles. The first kappa shape index (κ1) is 14.7. The fourth-order valence-corrected chi connectivity index (χ4v) is 2.41. The molecule has 0 aliphatic carbocycles. The third-order valence-corrected chi connectivity index (χ3v) is 3.51. The molecule has 1 N–H and O–H groups in total. The third kappa shape index (κ3) is 3.03. The van der Waals surface area contributed by atoms with Crippen molar-refractivity contribution in [3.05, 3.63) is 64.5 Å². The summed E-state index contributed by atoms with van der Waals surface area (Å²) in [7, 11) is 0. The summed E-state index contributed by atoms with van der Waals surface area (Å²) >= 11 is 0. The molecule has 3 aromatic rings. The molecule has 7 nitrogen and oxygen atoms in total. The van der Waals surface area contributed by atoms with Gasteiger partial charge in [0.05, 0.1) is 16.0 Å². The van der Waals surface area contributed by atoms with Crippen LogP contribution >= 0.6 is 0 Å². The third-order valence-electron chi connectivity index (χ3n) is 3.51. The molecular formula is C16H14N4O3. The fraction of sp³-hybridized carbons (Fsp3) is 0.125. The number of hydrogen-bond donors (Lipinski definition) is 1. The first-order valence-corrected chi connectivity index (χ1v) is 7.01. The van der Waals surface area contributed by atoms with Gasteiger partial charge < -0.3 is 9.88 Å². The standard InChI is InChI=1S/C16H14N4O3/c1-11-17-14-4-2-3-5-15(14)19(11)10-16(21)18-12-6-8-13(9-7-12)20(22)23/h2-9H,10H2,1H3,(H,18,21). The van der Waals surface area contributed by atoms with Crippen LogP contribution in [0.5, 0.6) is 0 Å². The van der Waals surface area contributed by atoms with Gasteiger partial charge in [-0.2, -0.15) is 0 Å². The van der Waals surface area contributed by atoms with E-state index in [1.54, 1.807) is 0 Å². The van der Waals surface area contributed by atoms with Crippen LogP contribution in [0.2, 0.25) is 0 Å². The van der Waals surface area contributed by atoms with Crippen LogP contribution in [0.25, 0.3) is 11.0 Å². The second-order valence-corrected chi connectivity index (χ2v) is 5.09. The zero-order chi connectivity index (χ0) is 16.4. The van der Waals surface area contributed by atoms with Gasteiger partial charge in [-0.1, -0.05) is 12.1 Å². The van der Waals surface area contributed by atoms with E-state index in [2.05, 4.69) is 10.3 Å². The van der Waals surface area contributed by atoms with Crippen molar-refractivity contribution in [3.63, 3.8) is 0 Å². The number of aromatic nitrogens is 2. The van der Waals surface area contributed by atoms with Gasteiger partial charge in [0, 0.05) is 17.8 Å². The van der Waals surface area contributed by atoms with Crippen molar-refractivity contribution in [1.82, 2.24) is 9.55 Å². The van der Waals surface area contributed by atoms with Crippen LogP contribution in [0.3, 0.4) is 0 Å². The molecule has 0 fully saturated rings. The zero-order valence-electron chi connectivity index (χ0n) is 12.4. The van der Waals surface area contributed by atoms with Gasteiger partial charge in [-0.3, -0.25) is 14.9 Å². The van der Waals surface area contributed by atoms with Crippen molar-refractivity contribution in [2.75, 3.05) is 5.32 Å². The van der Waals surface area contributed by atoms with Crippen LogP contribution in [0.15, 0.2) is 48.5 Å². The lowest BCUT2D eigenvalue weighted by Crippen LogP contribution is -2.19. The molecule has 0 atom stereocenters. The summed E-state index contributed by atoms with van der Waals surface area (Å²) in [6.07, 6.45) is 0. The molecule has 0 saturated carbocycles. The maximum atomic E-state index is 12.2. The number of aryl methyl sites for hydroxylation is 1. The minimum atomic E-state index is -0.480. The highest BCUT2D eigenvalue weighted by atomic mass is 16.6. The Bertz CT molecular complexity index is 884. The van der Waals surface area contributed by atoms with Gasteiger partial charge in [0.15, 0.2) is 0 Å². The summed E-state index contributed by atoms with van der Waals surface area (Å²) in [5.74, 6) is 0.537. The monoisotopic (exact) mass is 310 g/mol. The van der Waals surface area contributed by atoms with Crippen LogP contribution in [0, 0.1) is 17.0 Å². The van der Waals surface area contributed by atoms with E-state index in [-0.39, 0.29) is 18.1 Å². The second kappa shape index (κ2) is 5.88. The number of rotatable bonds is 4. The summed E-state index contributed by atoms with van der Waals surface area (Å²) in [5.41, 5.74) is 2.24. The number of para-hydroxylation sites is 2. The summed E-state index contributed by atoms with van der Waals surface area (Å²) in [5, 5.41) is 13.3. The number of benzene rings is 2. The summed E-state index contributed by atoms with van der Waals surface area (Å²) in [6.45, 7) is 1.97. The molecule has 7 heteroatoms. The Hall–Kier alpha value is -3.22. The lowest BCUT2D eigenvalue weighted by atomic mass is 10.3. The number of carbonyl (C=O) groups excluding carboxylic acids is 1. The molecule has 0 aliphatic rings. The van der Waals surface area contributed by atoms with Crippen LogP contribution in [-0.2, 0) is 11.3 Å². The van der Waals surface area contributed by atoms with E-state index in [0.717, 1.165) is 16.9 Å². The number of carbonyl (C=O) groups is 1. The molecule has 116 valence electrons. The molecule has 1 aromatic heterocycles. The summed E-state index contributed by atoms with van der Waals surface area (Å²) in [6, 6.07) is 13.3. The second-order valence-electron chi connectivity index (χ2n) is 5.09. The highest BCUT2D eigenvalue weighted by Crippen LogP contribution is 2.17. The van der Waals surface area contributed by atoms with Crippen LogP contribution in [-0.4, -0.2) is 20.4 Å². The number of nitrogens with one attached hydrogen (secondary N) is 1. The van der Waals surface area contributed by atoms with E-state index in [1.807, 2.05) is 35.8 Å². The molecule has 0 aliphatic heterocycles. The van der Waals surface area contributed by atoms with Gasteiger partial charge in [-0.05, 0) is 31.2 Å². The lowest BCUT2D eigenvalue weighted by molar-refractivity contribution is -0.384. The highest BCUT2D eigenvalue weighted by Gasteiger charge is 2.11. The van der Waals surface area contributed by atoms with Crippen LogP contribution in [0.4, 0.5) is 11.4 Å². The minimum Gasteiger partial charge on any atom is -0.325 e. The van der Waals surface area contributed by atoms with Crippen molar-refractivity contribution in [2.24, 2.45) is 0 Å². The van der Waals surface area contributed by atoms with E-state index in [9.17, 15) is 14.9 Å². The van der Waals surface area contributed by atoms with E-state index in [4.69, 9.17) is 0 Å². The van der Waals surface area contributed by atoms with Crippen molar-refractivity contribution in [2.45, 2.75) is 13.5 Å². The Labute approximate surface area is 131 Å². The quantitative estimate of drug-likeness (QED) is 0.592. The Morgan fingerprint density at radius 3 is 2.61 bits per heavy atom. The first-order valence-electron chi connectivity index (χ1n) is 7.01. The fourth-order valence-electron chi connectivity index (χ4n) is 2.41. The summed E-state index contributed by atoms with van der Waals surface area (Å²) < 4.78 is 1.83.